The minimum atomic E-state index is -0.0441. The largest absolute Gasteiger partial charge is 0.457 e. The van der Waals surface area contributed by atoms with Gasteiger partial charge in [-0.15, -0.1) is 0 Å². The Balaban J connectivity index is 1.45. The molecule has 1 aliphatic rings. The highest BCUT2D eigenvalue weighted by Gasteiger charge is 2.30. The lowest BCUT2D eigenvalue weighted by Gasteiger charge is -2.16. The molecule has 1 amide bonds. The first-order valence-electron chi connectivity index (χ1n) is 10.1. The molecule has 3 aromatic rings. The molecule has 1 heterocycles. The summed E-state index contributed by atoms with van der Waals surface area (Å²) in [7, 11) is 3.95. The van der Waals surface area contributed by atoms with Crippen LogP contribution < -0.4 is 4.74 Å². The first kappa shape index (κ1) is 21.0. The molecule has 0 saturated heterocycles. The minimum Gasteiger partial charge on any atom is -0.457 e. The van der Waals surface area contributed by atoms with E-state index in [0.717, 1.165) is 28.2 Å². The van der Waals surface area contributed by atoms with Gasteiger partial charge in [0.15, 0.2) is 0 Å². The number of para-hydroxylation sites is 1. The summed E-state index contributed by atoms with van der Waals surface area (Å²) in [4.78, 5) is 16.7. The van der Waals surface area contributed by atoms with Crippen molar-refractivity contribution < 1.29 is 9.53 Å². The second-order valence-corrected chi connectivity index (χ2v) is 8.16. The van der Waals surface area contributed by atoms with Crippen LogP contribution in [0.5, 0.6) is 11.5 Å². The molecule has 0 bridgehead atoms. The fraction of sp³-hybridized carbons (Fsp3) is 0.192. The van der Waals surface area contributed by atoms with E-state index in [1.54, 1.807) is 11.0 Å². The van der Waals surface area contributed by atoms with E-state index in [9.17, 15) is 4.79 Å². The van der Waals surface area contributed by atoms with E-state index < -0.39 is 0 Å². The predicted octanol–water partition coefficient (Wildman–Crippen LogP) is 5.20. The summed E-state index contributed by atoms with van der Waals surface area (Å²) < 4.78 is 5.84. The van der Waals surface area contributed by atoms with E-state index in [1.807, 2.05) is 79.7 Å². The van der Waals surface area contributed by atoms with Crippen LogP contribution in [0.25, 0.3) is 0 Å². The van der Waals surface area contributed by atoms with Crippen molar-refractivity contribution in [3.63, 3.8) is 0 Å². The van der Waals surface area contributed by atoms with Crippen molar-refractivity contribution in [2.45, 2.75) is 13.1 Å². The average Bonchev–Trinajstić information content (AvgIpc) is 3.05. The van der Waals surface area contributed by atoms with E-state index in [0.29, 0.717) is 30.2 Å². The third kappa shape index (κ3) is 5.08. The maximum absolute atomic E-state index is 12.9. The van der Waals surface area contributed by atoms with Gasteiger partial charge in [-0.25, -0.2) is 0 Å². The average molecular weight is 431 g/mol. The molecule has 0 saturated carbocycles. The first-order valence-corrected chi connectivity index (χ1v) is 10.4. The Bertz CT molecular complexity index is 1150. The monoisotopic (exact) mass is 430 g/mol. The SMILES string of the molecule is CN(C)CC#Cc1cc(Cl)c2c(c1)CN(Cc1ccc(Oc3ccccc3)cc1)C2=O. The van der Waals surface area contributed by atoms with E-state index in [-0.39, 0.29) is 5.91 Å². The molecule has 0 atom stereocenters. The highest BCUT2D eigenvalue weighted by molar-refractivity contribution is 6.34. The molecule has 3 aromatic carbocycles. The van der Waals surface area contributed by atoms with Gasteiger partial charge in [-0.2, -0.15) is 0 Å². The fourth-order valence-corrected chi connectivity index (χ4v) is 3.79. The maximum Gasteiger partial charge on any atom is 0.256 e. The van der Waals surface area contributed by atoms with Crippen molar-refractivity contribution in [1.82, 2.24) is 9.80 Å². The van der Waals surface area contributed by atoms with Gasteiger partial charge in [0.1, 0.15) is 11.5 Å². The number of carbonyl (C=O) groups excluding carboxylic acids is 1. The molecule has 1 aliphatic heterocycles. The molecular weight excluding hydrogens is 408 g/mol. The Morgan fingerprint density at radius 3 is 2.45 bits per heavy atom. The lowest BCUT2D eigenvalue weighted by atomic mass is 10.1. The van der Waals surface area contributed by atoms with E-state index in [1.165, 1.54) is 0 Å². The normalized spacial score (nSPS) is 12.5. The van der Waals surface area contributed by atoms with Crippen LogP contribution in [-0.2, 0) is 13.1 Å². The number of benzene rings is 3. The lowest BCUT2D eigenvalue weighted by molar-refractivity contribution is 0.0767. The molecule has 0 spiro atoms. The highest BCUT2D eigenvalue weighted by Crippen LogP contribution is 2.32. The van der Waals surface area contributed by atoms with Crippen LogP contribution in [0.2, 0.25) is 5.02 Å². The quantitative estimate of drug-likeness (QED) is 0.521. The third-order valence-corrected chi connectivity index (χ3v) is 5.24. The number of hydrogen-bond acceptors (Lipinski definition) is 3. The van der Waals surface area contributed by atoms with Gasteiger partial charge in [-0.3, -0.25) is 9.69 Å². The fourth-order valence-electron chi connectivity index (χ4n) is 3.47. The second kappa shape index (κ2) is 9.26. The third-order valence-electron chi connectivity index (χ3n) is 4.94. The number of rotatable bonds is 5. The van der Waals surface area contributed by atoms with Gasteiger partial charge in [-0.05, 0) is 61.6 Å². The van der Waals surface area contributed by atoms with Crippen LogP contribution in [0.4, 0.5) is 0 Å². The van der Waals surface area contributed by atoms with Gasteiger partial charge < -0.3 is 9.64 Å². The Labute approximate surface area is 188 Å². The smallest absolute Gasteiger partial charge is 0.256 e. The number of ether oxygens (including phenoxy) is 1. The van der Waals surface area contributed by atoms with E-state index in [2.05, 4.69) is 11.8 Å². The molecule has 0 aromatic heterocycles. The second-order valence-electron chi connectivity index (χ2n) is 7.75. The Morgan fingerprint density at radius 1 is 1.03 bits per heavy atom. The first-order chi connectivity index (χ1) is 15.0. The molecule has 0 unspecified atom stereocenters. The van der Waals surface area contributed by atoms with Crippen LogP contribution in [0, 0.1) is 11.8 Å². The molecule has 31 heavy (non-hydrogen) atoms. The molecule has 4 rings (SSSR count). The molecule has 0 fully saturated rings. The van der Waals surface area contributed by atoms with Gasteiger partial charge in [0, 0.05) is 18.7 Å². The van der Waals surface area contributed by atoms with Gasteiger partial charge in [0.05, 0.1) is 17.1 Å². The predicted molar refractivity (Wildman–Crippen MR) is 123 cm³/mol. The van der Waals surface area contributed by atoms with Gasteiger partial charge in [0.25, 0.3) is 5.91 Å². The van der Waals surface area contributed by atoms with Crippen molar-refractivity contribution >= 4 is 17.5 Å². The summed E-state index contributed by atoms with van der Waals surface area (Å²) in [5.41, 5.74) is 3.38. The van der Waals surface area contributed by atoms with Crippen molar-refractivity contribution in [2.75, 3.05) is 20.6 Å². The van der Waals surface area contributed by atoms with Crippen LogP contribution in [0.15, 0.2) is 66.7 Å². The molecule has 0 radical (unpaired) electrons. The molecule has 4 nitrogen and oxygen atoms in total. The molecule has 0 N–H and O–H groups in total. The Morgan fingerprint density at radius 2 is 1.74 bits per heavy atom. The molecule has 5 heteroatoms. The number of fused-ring (bicyclic) bond motifs is 1. The topological polar surface area (TPSA) is 32.8 Å². The summed E-state index contributed by atoms with van der Waals surface area (Å²) in [6.07, 6.45) is 0. The summed E-state index contributed by atoms with van der Waals surface area (Å²) in [5.74, 6) is 7.75. The van der Waals surface area contributed by atoms with Crippen molar-refractivity contribution in [3.8, 4) is 23.3 Å². The summed E-state index contributed by atoms with van der Waals surface area (Å²) in [6.45, 7) is 1.71. The highest BCUT2D eigenvalue weighted by atomic mass is 35.5. The number of hydrogen-bond donors (Lipinski definition) is 0. The van der Waals surface area contributed by atoms with E-state index in [4.69, 9.17) is 16.3 Å². The van der Waals surface area contributed by atoms with Crippen LogP contribution in [-0.4, -0.2) is 36.3 Å². The zero-order valence-electron chi connectivity index (χ0n) is 17.6. The minimum absolute atomic E-state index is 0.0441. The van der Waals surface area contributed by atoms with Crippen molar-refractivity contribution in [2.24, 2.45) is 0 Å². The van der Waals surface area contributed by atoms with Gasteiger partial charge in [-0.1, -0.05) is 53.8 Å². The molecular formula is C26H23ClN2O2. The van der Waals surface area contributed by atoms with Crippen LogP contribution in [0.3, 0.4) is 0 Å². The number of amides is 1. The zero-order chi connectivity index (χ0) is 21.8. The van der Waals surface area contributed by atoms with Crippen molar-refractivity contribution in [1.29, 1.82) is 0 Å². The zero-order valence-corrected chi connectivity index (χ0v) is 18.3. The number of nitrogens with zero attached hydrogens (tertiary/aromatic N) is 2. The maximum atomic E-state index is 12.9. The summed E-state index contributed by atoms with van der Waals surface area (Å²) in [5, 5.41) is 0.464. The molecule has 0 aliphatic carbocycles. The Kier molecular flexibility index (Phi) is 6.27. The van der Waals surface area contributed by atoms with Gasteiger partial charge >= 0.3 is 0 Å². The molecule has 156 valence electrons. The summed E-state index contributed by atoms with van der Waals surface area (Å²) >= 11 is 6.43. The van der Waals surface area contributed by atoms with Gasteiger partial charge in [0.2, 0.25) is 0 Å². The van der Waals surface area contributed by atoms with Crippen molar-refractivity contribution in [3.05, 3.63) is 94.0 Å². The number of carbonyl (C=O) groups is 1. The van der Waals surface area contributed by atoms with E-state index >= 15 is 0 Å². The van der Waals surface area contributed by atoms with Crippen LogP contribution >= 0.6 is 11.6 Å². The summed E-state index contributed by atoms with van der Waals surface area (Å²) in [6, 6.07) is 21.2. The Hall–Kier alpha value is -3.26. The lowest BCUT2D eigenvalue weighted by Crippen LogP contribution is -2.23. The van der Waals surface area contributed by atoms with Crippen LogP contribution in [0.1, 0.15) is 27.0 Å². The number of halogens is 1. The standard InChI is InChI=1S/C26H23ClN2O2/c1-28(2)14-6-7-20-15-21-18-29(26(30)25(21)24(27)16-20)17-19-10-12-23(13-11-19)31-22-8-4-3-5-9-22/h3-5,8-13,15-16H,14,17-18H2,1-2H3.